The average molecular weight is 218 g/mol. The second kappa shape index (κ2) is 7.19. The molecular weight excluding hydrogens is 200 g/mol. The molecular formula is C9H18N2O4. The van der Waals surface area contributed by atoms with E-state index in [-0.39, 0.29) is 24.9 Å². The molecule has 2 atom stereocenters. The highest BCUT2D eigenvalue weighted by atomic mass is 16.5. The summed E-state index contributed by atoms with van der Waals surface area (Å²) in [7, 11) is 3.09. The first-order valence-electron chi connectivity index (χ1n) is 4.70. The maximum atomic E-state index is 11.3. The SMILES string of the molecule is CNC(C)C(=O)NCC(CC(=O)O)OC. The van der Waals surface area contributed by atoms with Gasteiger partial charge in [0, 0.05) is 13.7 Å². The third kappa shape index (κ3) is 6.03. The average Bonchev–Trinajstić information content (AvgIpc) is 2.21. The Balaban J connectivity index is 3.89. The zero-order valence-electron chi connectivity index (χ0n) is 9.24. The Hall–Kier alpha value is -1.14. The number of likely N-dealkylation sites (N-methyl/N-ethyl adjacent to an activating group) is 1. The molecule has 0 aliphatic heterocycles. The quantitative estimate of drug-likeness (QED) is 0.520. The number of rotatable bonds is 7. The number of carbonyl (C=O) groups excluding carboxylic acids is 1. The lowest BCUT2D eigenvalue weighted by Crippen LogP contribution is -2.43. The second-order valence-corrected chi connectivity index (χ2v) is 3.21. The standard InChI is InChI=1S/C9H18N2O4/c1-6(10-2)9(14)11-5-7(15-3)4-8(12)13/h6-7,10H,4-5H2,1-3H3,(H,11,14)(H,12,13). The van der Waals surface area contributed by atoms with E-state index < -0.39 is 12.1 Å². The fourth-order valence-corrected chi connectivity index (χ4v) is 0.932. The molecule has 15 heavy (non-hydrogen) atoms. The number of carbonyl (C=O) groups is 2. The smallest absolute Gasteiger partial charge is 0.306 e. The van der Waals surface area contributed by atoms with E-state index in [4.69, 9.17) is 9.84 Å². The zero-order valence-corrected chi connectivity index (χ0v) is 9.24. The summed E-state index contributed by atoms with van der Waals surface area (Å²) in [6, 6.07) is -0.299. The Kier molecular flexibility index (Phi) is 6.64. The maximum Gasteiger partial charge on any atom is 0.306 e. The van der Waals surface area contributed by atoms with E-state index in [9.17, 15) is 9.59 Å². The predicted octanol–water partition coefficient (Wildman–Crippen LogP) is -0.800. The van der Waals surface area contributed by atoms with Gasteiger partial charge >= 0.3 is 5.97 Å². The Labute approximate surface area is 89.0 Å². The molecule has 0 saturated carbocycles. The number of methoxy groups -OCH3 is 1. The van der Waals surface area contributed by atoms with Crippen molar-refractivity contribution in [3.05, 3.63) is 0 Å². The largest absolute Gasteiger partial charge is 0.481 e. The topological polar surface area (TPSA) is 87.7 Å². The van der Waals surface area contributed by atoms with Gasteiger partial charge in [-0.1, -0.05) is 0 Å². The van der Waals surface area contributed by atoms with Crippen molar-refractivity contribution in [1.29, 1.82) is 0 Å². The number of ether oxygens (including phenoxy) is 1. The number of amides is 1. The first-order valence-corrected chi connectivity index (χ1v) is 4.70. The Bertz CT molecular complexity index is 220. The van der Waals surface area contributed by atoms with Crippen LogP contribution in [0.15, 0.2) is 0 Å². The molecule has 88 valence electrons. The summed E-state index contributed by atoms with van der Waals surface area (Å²) in [5, 5.41) is 13.9. The van der Waals surface area contributed by atoms with Crippen LogP contribution in [0, 0.1) is 0 Å². The molecule has 6 heteroatoms. The van der Waals surface area contributed by atoms with Crippen LogP contribution in [0.5, 0.6) is 0 Å². The highest BCUT2D eigenvalue weighted by Gasteiger charge is 2.15. The minimum atomic E-state index is -0.947. The van der Waals surface area contributed by atoms with Gasteiger partial charge in [-0.3, -0.25) is 9.59 Å². The summed E-state index contributed by atoms with van der Waals surface area (Å²) in [6.07, 6.45) is -0.611. The molecule has 0 aliphatic carbocycles. The second-order valence-electron chi connectivity index (χ2n) is 3.21. The molecule has 2 unspecified atom stereocenters. The van der Waals surface area contributed by atoms with Crippen LogP contribution in [-0.4, -0.2) is 49.8 Å². The molecule has 0 aromatic rings. The van der Waals surface area contributed by atoms with E-state index in [0.717, 1.165) is 0 Å². The molecule has 0 rings (SSSR count). The number of nitrogens with one attached hydrogen (secondary N) is 2. The molecule has 6 nitrogen and oxygen atoms in total. The highest BCUT2D eigenvalue weighted by Crippen LogP contribution is 1.95. The zero-order chi connectivity index (χ0) is 11.8. The van der Waals surface area contributed by atoms with Crippen molar-refractivity contribution >= 4 is 11.9 Å². The highest BCUT2D eigenvalue weighted by molar-refractivity contribution is 5.81. The van der Waals surface area contributed by atoms with E-state index in [0.29, 0.717) is 0 Å². The van der Waals surface area contributed by atoms with Crippen molar-refractivity contribution < 1.29 is 19.4 Å². The first-order chi connectivity index (χ1) is 7.01. The van der Waals surface area contributed by atoms with Gasteiger partial charge in [-0.05, 0) is 14.0 Å². The number of hydrogen-bond acceptors (Lipinski definition) is 4. The number of hydrogen-bond donors (Lipinski definition) is 3. The third-order valence-corrected chi connectivity index (χ3v) is 2.07. The molecule has 3 N–H and O–H groups in total. The van der Waals surface area contributed by atoms with Crippen molar-refractivity contribution in [1.82, 2.24) is 10.6 Å². The van der Waals surface area contributed by atoms with Gasteiger partial charge in [0.05, 0.1) is 18.6 Å². The Morgan fingerprint density at radius 2 is 2.07 bits per heavy atom. The van der Waals surface area contributed by atoms with E-state index in [2.05, 4.69) is 10.6 Å². The van der Waals surface area contributed by atoms with Gasteiger partial charge in [-0.15, -0.1) is 0 Å². The van der Waals surface area contributed by atoms with E-state index in [1.54, 1.807) is 14.0 Å². The number of aliphatic carboxylic acids is 1. The summed E-state index contributed by atoms with van der Waals surface area (Å²) < 4.78 is 4.91. The molecule has 0 spiro atoms. The monoisotopic (exact) mass is 218 g/mol. The van der Waals surface area contributed by atoms with Crippen molar-refractivity contribution in [2.24, 2.45) is 0 Å². The van der Waals surface area contributed by atoms with Gasteiger partial charge in [0.1, 0.15) is 0 Å². The number of carboxylic acids is 1. The Morgan fingerprint density at radius 3 is 2.47 bits per heavy atom. The van der Waals surface area contributed by atoms with Gasteiger partial charge in [0.25, 0.3) is 0 Å². The molecule has 0 radical (unpaired) electrons. The molecule has 0 aromatic heterocycles. The van der Waals surface area contributed by atoms with Gasteiger partial charge in [0.15, 0.2) is 0 Å². The Morgan fingerprint density at radius 1 is 1.47 bits per heavy atom. The van der Waals surface area contributed by atoms with Crippen LogP contribution >= 0.6 is 0 Å². The molecule has 0 bridgehead atoms. The molecule has 0 saturated heterocycles. The fraction of sp³-hybridized carbons (Fsp3) is 0.778. The summed E-state index contributed by atoms with van der Waals surface area (Å²) in [5.74, 6) is -1.12. The van der Waals surface area contributed by atoms with Crippen LogP contribution in [0.1, 0.15) is 13.3 Å². The predicted molar refractivity (Wildman–Crippen MR) is 54.6 cm³/mol. The lowest BCUT2D eigenvalue weighted by atomic mass is 10.2. The summed E-state index contributed by atoms with van der Waals surface area (Å²) in [4.78, 5) is 21.7. The molecule has 0 aliphatic rings. The van der Waals surface area contributed by atoms with Gasteiger partial charge in [-0.2, -0.15) is 0 Å². The summed E-state index contributed by atoms with van der Waals surface area (Å²) >= 11 is 0. The number of carboxylic acid groups (broad SMARTS) is 1. The van der Waals surface area contributed by atoms with E-state index in [1.807, 2.05) is 0 Å². The lowest BCUT2D eigenvalue weighted by molar-refractivity contribution is -0.140. The maximum absolute atomic E-state index is 11.3. The van der Waals surface area contributed by atoms with Crippen molar-refractivity contribution in [3.63, 3.8) is 0 Å². The molecule has 0 aromatic carbocycles. The van der Waals surface area contributed by atoms with Crippen molar-refractivity contribution in [2.75, 3.05) is 20.7 Å². The normalized spacial score (nSPS) is 14.3. The summed E-state index contributed by atoms with van der Waals surface area (Å²) in [5.41, 5.74) is 0. The van der Waals surface area contributed by atoms with Crippen LogP contribution in [0.25, 0.3) is 0 Å². The van der Waals surface area contributed by atoms with Gasteiger partial charge in [0.2, 0.25) is 5.91 Å². The minimum Gasteiger partial charge on any atom is -0.481 e. The first kappa shape index (κ1) is 13.9. The minimum absolute atomic E-state index is 0.120. The van der Waals surface area contributed by atoms with Gasteiger partial charge in [-0.25, -0.2) is 0 Å². The van der Waals surface area contributed by atoms with Crippen molar-refractivity contribution in [3.8, 4) is 0 Å². The molecule has 0 fully saturated rings. The molecule has 1 amide bonds. The fourth-order valence-electron chi connectivity index (χ4n) is 0.932. The van der Waals surface area contributed by atoms with Crippen LogP contribution in [-0.2, 0) is 14.3 Å². The van der Waals surface area contributed by atoms with Crippen LogP contribution in [0.4, 0.5) is 0 Å². The van der Waals surface area contributed by atoms with Gasteiger partial charge < -0.3 is 20.5 Å². The van der Waals surface area contributed by atoms with E-state index in [1.165, 1.54) is 7.11 Å². The van der Waals surface area contributed by atoms with E-state index >= 15 is 0 Å². The van der Waals surface area contributed by atoms with Crippen molar-refractivity contribution in [2.45, 2.75) is 25.5 Å². The molecule has 0 heterocycles. The van der Waals surface area contributed by atoms with Crippen LogP contribution in [0.3, 0.4) is 0 Å². The summed E-state index contributed by atoms with van der Waals surface area (Å²) in [6.45, 7) is 1.92. The third-order valence-electron chi connectivity index (χ3n) is 2.07. The lowest BCUT2D eigenvalue weighted by Gasteiger charge is -2.16. The van der Waals surface area contributed by atoms with Crippen LogP contribution in [0.2, 0.25) is 0 Å². The van der Waals surface area contributed by atoms with Crippen LogP contribution < -0.4 is 10.6 Å².